The number of sulfonamides is 1. The first-order chi connectivity index (χ1) is 22.8. The van der Waals surface area contributed by atoms with Gasteiger partial charge in [0.05, 0.1) is 10.6 Å². The number of rotatable bonds is 11. The number of amides is 2. The monoisotopic (exact) mass is 709 g/mol. The molecule has 0 spiro atoms. The Morgan fingerprint density at radius 1 is 0.854 bits per heavy atom. The third-order valence-electron chi connectivity index (χ3n) is 7.55. The molecule has 1 aliphatic heterocycles. The number of carbonyl (C=O) groups is 2. The number of carbonyl (C=O) groups excluding carboxylic acids is 2. The first-order valence-electron chi connectivity index (χ1n) is 15.4. The molecule has 0 aliphatic carbocycles. The van der Waals surface area contributed by atoms with Gasteiger partial charge >= 0.3 is 0 Å². The van der Waals surface area contributed by atoms with Crippen molar-refractivity contribution in [2.75, 3.05) is 24.1 Å². The van der Waals surface area contributed by atoms with Crippen LogP contribution in [-0.4, -0.2) is 56.5 Å². The molecule has 4 aromatic carbocycles. The maximum Gasteiger partial charge on any atom is 0.264 e. The van der Waals surface area contributed by atoms with E-state index in [4.69, 9.17) is 32.7 Å². The first kappa shape index (κ1) is 35.1. The van der Waals surface area contributed by atoms with Crippen LogP contribution in [0.25, 0.3) is 0 Å². The van der Waals surface area contributed by atoms with E-state index in [1.54, 1.807) is 48.5 Å². The van der Waals surface area contributed by atoms with E-state index in [0.717, 1.165) is 9.87 Å². The molecule has 1 atom stereocenters. The number of benzene rings is 4. The van der Waals surface area contributed by atoms with Gasteiger partial charge in [0.1, 0.15) is 25.8 Å². The summed E-state index contributed by atoms with van der Waals surface area (Å²) in [4.78, 5) is 30.1. The third kappa shape index (κ3) is 8.61. The Balaban J connectivity index is 1.61. The third-order valence-corrected chi connectivity index (χ3v) is 9.92. The van der Waals surface area contributed by atoms with Crippen molar-refractivity contribution in [3.05, 3.63) is 118 Å². The van der Waals surface area contributed by atoms with Gasteiger partial charge in [0.2, 0.25) is 11.8 Å². The van der Waals surface area contributed by atoms with Crippen LogP contribution in [0, 0.1) is 0 Å². The molecule has 0 fully saturated rings. The summed E-state index contributed by atoms with van der Waals surface area (Å²) in [7, 11) is -4.28. The molecule has 9 nitrogen and oxygen atoms in total. The van der Waals surface area contributed by atoms with Crippen LogP contribution in [-0.2, 0) is 32.6 Å². The lowest BCUT2D eigenvalue weighted by atomic mass is 10.0. The Bertz CT molecular complexity index is 1870. The van der Waals surface area contributed by atoms with Gasteiger partial charge in [-0.1, -0.05) is 77.8 Å². The smallest absolute Gasteiger partial charge is 0.264 e. The van der Waals surface area contributed by atoms with Crippen LogP contribution in [0.2, 0.25) is 10.0 Å². The highest BCUT2D eigenvalue weighted by Crippen LogP contribution is 2.36. The molecule has 0 unspecified atom stereocenters. The molecular formula is C36H37Cl2N3O6S. The zero-order valence-electron chi connectivity index (χ0n) is 26.9. The lowest BCUT2D eigenvalue weighted by Gasteiger charge is -2.35. The van der Waals surface area contributed by atoms with E-state index >= 15 is 0 Å². The van der Waals surface area contributed by atoms with E-state index < -0.39 is 40.0 Å². The number of nitrogens with zero attached hydrogens (tertiary/aromatic N) is 2. The van der Waals surface area contributed by atoms with Gasteiger partial charge in [0.25, 0.3) is 10.0 Å². The van der Waals surface area contributed by atoms with Crippen LogP contribution in [0.5, 0.6) is 11.5 Å². The second kappa shape index (κ2) is 14.9. The molecule has 12 heteroatoms. The summed E-state index contributed by atoms with van der Waals surface area (Å²) in [5.41, 5.74) is 0.923. The van der Waals surface area contributed by atoms with Crippen LogP contribution < -0.4 is 19.1 Å². The summed E-state index contributed by atoms with van der Waals surface area (Å²) in [5.74, 6) is -0.202. The number of halogens is 2. The van der Waals surface area contributed by atoms with Crippen molar-refractivity contribution in [1.82, 2.24) is 10.2 Å². The van der Waals surface area contributed by atoms with Gasteiger partial charge < -0.3 is 19.7 Å². The summed E-state index contributed by atoms with van der Waals surface area (Å²) in [6, 6.07) is 25.7. The maximum atomic E-state index is 14.7. The van der Waals surface area contributed by atoms with E-state index in [1.807, 2.05) is 51.1 Å². The predicted octanol–water partition coefficient (Wildman–Crippen LogP) is 6.51. The molecule has 4 aromatic rings. The normalized spacial score (nSPS) is 13.4. The molecule has 0 radical (unpaired) electrons. The Kier molecular flexibility index (Phi) is 10.9. The highest BCUT2D eigenvalue weighted by molar-refractivity contribution is 7.92. The van der Waals surface area contributed by atoms with Gasteiger partial charge in [-0.2, -0.15) is 0 Å². The van der Waals surface area contributed by atoms with Crippen LogP contribution >= 0.6 is 23.2 Å². The number of hydrogen-bond donors (Lipinski definition) is 1. The standard InChI is InChI=1S/C36H37Cl2N3O6S/c1-36(2,3)39-35(43)31(20-25-10-6-4-7-11-25)40(23-26-14-15-27(37)21-30(26)38)34(42)24-41(48(44,45)29-12-8-5-9-13-29)28-16-17-32-33(22-28)47-19-18-46-32/h4-17,21-22,31H,18-20,23-24H2,1-3H3,(H,39,43)/t31-/m0/s1. The minimum absolute atomic E-state index is 0.00806. The molecule has 0 bridgehead atoms. The van der Waals surface area contributed by atoms with Crippen LogP contribution in [0.4, 0.5) is 5.69 Å². The molecule has 5 rings (SSSR count). The van der Waals surface area contributed by atoms with E-state index in [1.165, 1.54) is 23.1 Å². The van der Waals surface area contributed by atoms with Crippen LogP contribution in [0.15, 0.2) is 102 Å². The molecule has 0 aromatic heterocycles. The Labute approximate surface area is 291 Å². The van der Waals surface area contributed by atoms with Crippen molar-refractivity contribution in [1.29, 1.82) is 0 Å². The number of nitrogens with one attached hydrogen (secondary N) is 1. The minimum atomic E-state index is -4.28. The zero-order chi connectivity index (χ0) is 34.5. The Morgan fingerprint density at radius 2 is 1.50 bits per heavy atom. The molecule has 0 saturated carbocycles. The Morgan fingerprint density at radius 3 is 2.15 bits per heavy atom. The first-order valence-corrected chi connectivity index (χ1v) is 17.6. The van der Waals surface area contributed by atoms with Gasteiger partial charge in [-0.05, 0) is 68.3 Å². The topological polar surface area (TPSA) is 105 Å². The van der Waals surface area contributed by atoms with Crippen molar-refractivity contribution in [3.63, 3.8) is 0 Å². The lowest BCUT2D eigenvalue weighted by Crippen LogP contribution is -2.56. The zero-order valence-corrected chi connectivity index (χ0v) is 29.2. The van der Waals surface area contributed by atoms with Crippen molar-refractivity contribution in [3.8, 4) is 11.5 Å². The molecule has 252 valence electrons. The highest BCUT2D eigenvalue weighted by Gasteiger charge is 2.36. The van der Waals surface area contributed by atoms with E-state index in [0.29, 0.717) is 40.3 Å². The second-order valence-corrected chi connectivity index (χ2v) is 15.1. The summed E-state index contributed by atoms with van der Waals surface area (Å²) in [6.07, 6.45) is 0.162. The fraction of sp³-hybridized carbons (Fsp3) is 0.278. The average molecular weight is 711 g/mol. The van der Waals surface area contributed by atoms with Gasteiger partial charge in [-0.3, -0.25) is 13.9 Å². The van der Waals surface area contributed by atoms with E-state index in [2.05, 4.69) is 5.32 Å². The van der Waals surface area contributed by atoms with Gasteiger partial charge in [-0.15, -0.1) is 0 Å². The van der Waals surface area contributed by atoms with Crippen molar-refractivity contribution in [2.45, 2.75) is 50.2 Å². The quantitative estimate of drug-likeness (QED) is 0.190. The molecule has 1 N–H and O–H groups in total. The average Bonchev–Trinajstić information content (AvgIpc) is 3.05. The molecule has 48 heavy (non-hydrogen) atoms. The highest BCUT2D eigenvalue weighted by atomic mass is 35.5. The predicted molar refractivity (Wildman–Crippen MR) is 187 cm³/mol. The van der Waals surface area contributed by atoms with Gasteiger partial charge in [0, 0.05) is 34.6 Å². The Hall–Kier alpha value is -4.25. The molecular weight excluding hydrogens is 673 g/mol. The number of anilines is 1. The SMILES string of the molecule is CC(C)(C)NC(=O)[C@H](Cc1ccccc1)N(Cc1ccc(Cl)cc1Cl)C(=O)CN(c1ccc2c(c1)OCCO2)S(=O)(=O)c1ccccc1. The largest absolute Gasteiger partial charge is 0.486 e. The summed E-state index contributed by atoms with van der Waals surface area (Å²) in [5, 5.41) is 3.72. The molecule has 1 heterocycles. The van der Waals surface area contributed by atoms with Gasteiger partial charge in [-0.25, -0.2) is 8.42 Å². The lowest BCUT2D eigenvalue weighted by molar-refractivity contribution is -0.140. The van der Waals surface area contributed by atoms with E-state index in [-0.39, 0.29) is 23.5 Å². The minimum Gasteiger partial charge on any atom is -0.486 e. The fourth-order valence-corrected chi connectivity index (χ4v) is 7.17. The van der Waals surface area contributed by atoms with Crippen molar-refractivity contribution < 1.29 is 27.5 Å². The molecule has 2 amide bonds. The summed E-state index contributed by atoms with van der Waals surface area (Å²) < 4.78 is 40.9. The number of ether oxygens (including phenoxy) is 2. The van der Waals surface area contributed by atoms with E-state index in [9.17, 15) is 18.0 Å². The van der Waals surface area contributed by atoms with Crippen LogP contribution in [0.3, 0.4) is 0 Å². The summed E-state index contributed by atoms with van der Waals surface area (Å²) >= 11 is 12.8. The van der Waals surface area contributed by atoms with Crippen molar-refractivity contribution in [2.24, 2.45) is 0 Å². The second-order valence-electron chi connectivity index (χ2n) is 12.4. The molecule has 1 aliphatic rings. The number of hydrogen-bond acceptors (Lipinski definition) is 6. The fourth-order valence-electron chi connectivity index (χ4n) is 5.28. The van der Waals surface area contributed by atoms with Crippen LogP contribution in [0.1, 0.15) is 31.9 Å². The number of fused-ring (bicyclic) bond motifs is 1. The summed E-state index contributed by atoms with van der Waals surface area (Å²) in [6.45, 7) is 5.48. The van der Waals surface area contributed by atoms with Gasteiger partial charge in [0.15, 0.2) is 11.5 Å². The van der Waals surface area contributed by atoms with Crippen molar-refractivity contribution >= 4 is 50.7 Å². The maximum absolute atomic E-state index is 14.7. The molecule has 0 saturated heterocycles.